The van der Waals surface area contributed by atoms with Gasteiger partial charge in [-0.3, -0.25) is 0 Å². The number of nitrogens with zero attached hydrogens (tertiary/aromatic N) is 2. The Kier molecular flexibility index (Phi) is 3.22. The number of esters is 1. The highest BCUT2D eigenvalue weighted by Gasteiger charge is 2.11. The molecule has 0 atom stereocenters. The summed E-state index contributed by atoms with van der Waals surface area (Å²) in [5.74, 6) is 0.0942. The fourth-order valence-corrected chi connectivity index (χ4v) is 0.850. The molecule has 1 aromatic heterocycles. The standard InChI is InChI=1S/C8H11N3O3/c1-9-8-10-5(7(12)14-3)4-6(11-8)13-2/h4H,1-3H3,(H,9,10,11). The van der Waals surface area contributed by atoms with Crippen LogP contribution in [0.3, 0.4) is 0 Å². The summed E-state index contributed by atoms with van der Waals surface area (Å²) in [6, 6.07) is 1.41. The van der Waals surface area contributed by atoms with E-state index >= 15 is 0 Å². The number of hydrogen-bond donors (Lipinski definition) is 1. The normalized spacial score (nSPS) is 9.36. The predicted octanol–water partition coefficient (Wildman–Crippen LogP) is 0.313. The van der Waals surface area contributed by atoms with Crippen molar-refractivity contribution >= 4 is 11.9 Å². The zero-order valence-electron chi connectivity index (χ0n) is 8.20. The Balaban J connectivity index is 3.10. The number of carbonyl (C=O) groups excluding carboxylic acids is 1. The van der Waals surface area contributed by atoms with Crippen molar-refractivity contribution in [2.75, 3.05) is 26.6 Å². The Bertz CT molecular complexity index is 318. The molecule has 6 nitrogen and oxygen atoms in total. The van der Waals surface area contributed by atoms with Crippen LogP contribution in [0.15, 0.2) is 6.07 Å². The van der Waals surface area contributed by atoms with E-state index in [0.29, 0.717) is 11.8 Å². The maximum Gasteiger partial charge on any atom is 0.357 e. The summed E-state index contributed by atoms with van der Waals surface area (Å²) >= 11 is 0. The number of ether oxygens (including phenoxy) is 2. The summed E-state index contributed by atoms with van der Waals surface area (Å²) in [5, 5.41) is 2.71. The lowest BCUT2D eigenvalue weighted by molar-refractivity contribution is 0.0593. The molecule has 76 valence electrons. The van der Waals surface area contributed by atoms with E-state index < -0.39 is 5.97 Å². The van der Waals surface area contributed by atoms with E-state index in [2.05, 4.69) is 20.0 Å². The predicted molar refractivity (Wildman–Crippen MR) is 49.5 cm³/mol. The maximum atomic E-state index is 11.2. The van der Waals surface area contributed by atoms with Gasteiger partial charge in [-0.2, -0.15) is 4.98 Å². The number of rotatable bonds is 3. The Morgan fingerprint density at radius 2 is 2.14 bits per heavy atom. The first-order chi connectivity index (χ1) is 6.71. The molecule has 0 spiro atoms. The molecular formula is C8H11N3O3. The van der Waals surface area contributed by atoms with Gasteiger partial charge < -0.3 is 14.8 Å². The zero-order valence-corrected chi connectivity index (χ0v) is 8.20. The van der Waals surface area contributed by atoms with E-state index in [1.807, 2.05) is 0 Å². The first kappa shape index (κ1) is 10.2. The van der Waals surface area contributed by atoms with Crippen LogP contribution in [0.4, 0.5) is 5.95 Å². The molecule has 0 saturated carbocycles. The first-order valence-electron chi connectivity index (χ1n) is 3.90. The van der Waals surface area contributed by atoms with Gasteiger partial charge in [0.05, 0.1) is 14.2 Å². The fraction of sp³-hybridized carbons (Fsp3) is 0.375. The highest BCUT2D eigenvalue weighted by molar-refractivity contribution is 5.87. The first-order valence-corrected chi connectivity index (χ1v) is 3.90. The van der Waals surface area contributed by atoms with Crippen LogP contribution in [0, 0.1) is 0 Å². The number of hydrogen-bond acceptors (Lipinski definition) is 6. The van der Waals surface area contributed by atoms with E-state index in [1.54, 1.807) is 7.05 Å². The minimum atomic E-state index is -0.526. The molecule has 0 aromatic carbocycles. The second-order valence-corrected chi connectivity index (χ2v) is 2.36. The molecule has 0 bridgehead atoms. The van der Waals surface area contributed by atoms with Gasteiger partial charge in [0.15, 0.2) is 5.69 Å². The van der Waals surface area contributed by atoms with Gasteiger partial charge in [-0.05, 0) is 0 Å². The fourth-order valence-electron chi connectivity index (χ4n) is 0.850. The number of aromatic nitrogens is 2. The van der Waals surface area contributed by atoms with Crippen molar-refractivity contribution in [3.8, 4) is 5.88 Å². The van der Waals surface area contributed by atoms with Crippen LogP contribution in [0.5, 0.6) is 5.88 Å². The van der Waals surface area contributed by atoms with Crippen LogP contribution in [0.1, 0.15) is 10.5 Å². The second kappa shape index (κ2) is 4.40. The third-order valence-corrected chi connectivity index (χ3v) is 1.53. The summed E-state index contributed by atoms with van der Waals surface area (Å²) in [6.07, 6.45) is 0. The molecule has 0 aliphatic carbocycles. The van der Waals surface area contributed by atoms with Crippen molar-refractivity contribution in [3.63, 3.8) is 0 Å². The van der Waals surface area contributed by atoms with Crippen LogP contribution >= 0.6 is 0 Å². The van der Waals surface area contributed by atoms with E-state index in [-0.39, 0.29) is 5.69 Å². The lowest BCUT2D eigenvalue weighted by atomic mass is 10.4. The second-order valence-electron chi connectivity index (χ2n) is 2.36. The lowest BCUT2D eigenvalue weighted by Crippen LogP contribution is -2.08. The molecule has 1 rings (SSSR count). The van der Waals surface area contributed by atoms with E-state index in [0.717, 1.165) is 0 Å². The van der Waals surface area contributed by atoms with Crippen LogP contribution in [-0.2, 0) is 4.74 Å². The van der Waals surface area contributed by atoms with Gasteiger partial charge in [0.1, 0.15) is 0 Å². The van der Waals surface area contributed by atoms with E-state index in [4.69, 9.17) is 4.74 Å². The molecule has 1 aromatic rings. The summed E-state index contributed by atoms with van der Waals surface area (Å²) in [5.41, 5.74) is 0.156. The molecule has 0 aliphatic rings. The van der Waals surface area contributed by atoms with Gasteiger partial charge in [-0.15, -0.1) is 0 Å². The Labute approximate surface area is 81.3 Å². The minimum Gasteiger partial charge on any atom is -0.481 e. The number of carbonyl (C=O) groups is 1. The smallest absolute Gasteiger partial charge is 0.357 e. The van der Waals surface area contributed by atoms with Crippen LogP contribution in [0.25, 0.3) is 0 Å². The molecule has 1 heterocycles. The van der Waals surface area contributed by atoms with Gasteiger partial charge in [-0.25, -0.2) is 9.78 Å². The van der Waals surface area contributed by atoms with Crippen molar-refractivity contribution in [1.29, 1.82) is 0 Å². The monoisotopic (exact) mass is 197 g/mol. The van der Waals surface area contributed by atoms with E-state index in [9.17, 15) is 4.79 Å². The van der Waals surface area contributed by atoms with Gasteiger partial charge in [0, 0.05) is 13.1 Å². The van der Waals surface area contributed by atoms with E-state index in [1.165, 1.54) is 20.3 Å². The largest absolute Gasteiger partial charge is 0.481 e. The molecule has 0 aliphatic heterocycles. The number of methoxy groups -OCH3 is 2. The quantitative estimate of drug-likeness (QED) is 0.703. The summed E-state index contributed by atoms with van der Waals surface area (Å²) in [6.45, 7) is 0. The van der Waals surface area contributed by atoms with Crippen molar-refractivity contribution in [2.45, 2.75) is 0 Å². The van der Waals surface area contributed by atoms with Crippen LogP contribution in [-0.4, -0.2) is 37.2 Å². The van der Waals surface area contributed by atoms with Gasteiger partial charge in [0.25, 0.3) is 0 Å². The number of nitrogens with one attached hydrogen (secondary N) is 1. The Hall–Kier alpha value is -1.85. The lowest BCUT2D eigenvalue weighted by Gasteiger charge is -2.04. The average molecular weight is 197 g/mol. The van der Waals surface area contributed by atoms with Crippen molar-refractivity contribution in [3.05, 3.63) is 11.8 Å². The highest BCUT2D eigenvalue weighted by atomic mass is 16.5. The number of anilines is 1. The summed E-state index contributed by atoms with van der Waals surface area (Å²) < 4.78 is 9.42. The van der Waals surface area contributed by atoms with Crippen LogP contribution < -0.4 is 10.1 Å². The van der Waals surface area contributed by atoms with Gasteiger partial charge in [-0.1, -0.05) is 0 Å². The topological polar surface area (TPSA) is 73.3 Å². The average Bonchev–Trinajstić information content (AvgIpc) is 2.27. The third kappa shape index (κ3) is 2.09. The molecule has 0 saturated heterocycles. The molecule has 0 radical (unpaired) electrons. The van der Waals surface area contributed by atoms with Crippen molar-refractivity contribution in [2.24, 2.45) is 0 Å². The summed E-state index contributed by atoms with van der Waals surface area (Å²) in [7, 11) is 4.40. The third-order valence-electron chi connectivity index (χ3n) is 1.53. The van der Waals surface area contributed by atoms with Crippen molar-refractivity contribution < 1.29 is 14.3 Å². The van der Waals surface area contributed by atoms with Gasteiger partial charge in [0.2, 0.25) is 11.8 Å². The molecule has 1 N–H and O–H groups in total. The molecule has 0 fully saturated rings. The Morgan fingerprint density at radius 3 is 2.64 bits per heavy atom. The molecule has 0 unspecified atom stereocenters. The molecule has 14 heavy (non-hydrogen) atoms. The summed E-state index contributed by atoms with van der Waals surface area (Å²) in [4.78, 5) is 19.0. The minimum absolute atomic E-state index is 0.156. The SMILES string of the molecule is CNc1nc(OC)cc(C(=O)OC)n1. The van der Waals surface area contributed by atoms with Gasteiger partial charge >= 0.3 is 5.97 Å². The molecule has 6 heteroatoms. The molecule has 0 amide bonds. The maximum absolute atomic E-state index is 11.2. The van der Waals surface area contributed by atoms with Crippen molar-refractivity contribution in [1.82, 2.24) is 9.97 Å². The Morgan fingerprint density at radius 1 is 1.43 bits per heavy atom. The zero-order chi connectivity index (χ0) is 10.6. The molecular weight excluding hydrogens is 186 g/mol. The van der Waals surface area contributed by atoms with Crippen LogP contribution in [0.2, 0.25) is 0 Å². The highest BCUT2D eigenvalue weighted by Crippen LogP contribution is 2.11.